The summed E-state index contributed by atoms with van der Waals surface area (Å²) in [6.07, 6.45) is 18.3. The Morgan fingerprint density at radius 1 is 0.432 bits per heavy atom. The van der Waals surface area contributed by atoms with E-state index in [1.54, 1.807) is 0 Å². The maximum absolute atomic E-state index is 4.65. The van der Waals surface area contributed by atoms with E-state index in [0.29, 0.717) is 0 Å². The predicted molar refractivity (Wildman–Crippen MR) is 187 cm³/mol. The Bertz CT molecular complexity index is 1410. The van der Waals surface area contributed by atoms with Crippen LogP contribution in [0.15, 0.2) is 84.9 Å². The van der Waals surface area contributed by atoms with Gasteiger partial charge in [0.25, 0.3) is 0 Å². The minimum atomic E-state index is 0.940. The summed E-state index contributed by atoms with van der Waals surface area (Å²) < 4.78 is 0. The molecule has 0 unspecified atom stereocenters. The highest BCUT2D eigenvalue weighted by Gasteiger charge is 2.10. The lowest BCUT2D eigenvalue weighted by Gasteiger charge is -2.04. The number of hydrogen-bond acceptors (Lipinski definition) is 2. The first-order chi connectivity index (χ1) is 21.7. The van der Waals surface area contributed by atoms with Crippen molar-refractivity contribution in [2.75, 3.05) is 0 Å². The van der Waals surface area contributed by atoms with Gasteiger partial charge in [0, 0.05) is 11.1 Å². The third kappa shape index (κ3) is 9.05. The van der Waals surface area contributed by atoms with Crippen LogP contribution >= 0.6 is 0 Å². The number of hydrogen-bond donors (Lipinski definition) is 2. The van der Waals surface area contributed by atoms with Crippen LogP contribution in [0.2, 0.25) is 0 Å². The molecule has 0 fully saturated rings. The summed E-state index contributed by atoms with van der Waals surface area (Å²) in [5, 5.41) is 15.8. The van der Waals surface area contributed by atoms with Gasteiger partial charge in [-0.05, 0) is 66.1 Å². The lowest BCUT2D eigenvalue weighted by atomic mass is 10.0. The summed E-state index contributed by atoms with van der Waals surface area (Å²) in [6, 6.07) is 30.7. The van der Waals surface area contributed by atoms with E-state index in [4.69, 9.17) is 0 Å². The summed E-state index contributed by atoms with van der Waals surface area (Å²) in [6.45, 7) is 4.54. The van der Waals surface area contributed by atoms with Crippen LogP contribution in [0.1, 0.15) is 102 Å². The molecule has 0 aliphatic carbocycles. The van der Waals surface area contributed by atoms with Crippen LogP contribution < -0.4 is 0 Å². The fourth-order valence-electron chi connectivity index (χ4n) is 5.99. The summed E-state index contributed by atoms with van der Waals surface area (Å²) in [5.41, 5.74) is 11.3. The second-order valence-corrected chi connectivity index (χ2v) is 12.3. The number of nitrogens with zero attached hydrogens (tertiary/aromatic N) is 2. The molecule has 2 N–H and O–H groups in total. The summed E-state index contributed by atoms with van der Waals surface area (Å²) in [4.78, 5) is 0. The molecule has 0 aliphatic heterocycles. The molecule has 0 bridgehead atoms. The van der Waals surface area contributed by atoms with Crippen LogP contribution in [-0.2, 0) is 12.8 Å². The first-order valence-electron chi connectivity index (χ1n) is 17.1. The quantitative estimate of drug-likeness (QED) is 0.100. The standard InChI is InChI=1S/C40H50N4/c1-3-5-7-9-11-13-16-31-20-24-33(25-21-31)37-29-39(43-41-37)35-18-15-19-36(28-35)40-30-38(42-44-40)34-26-22-32(23-27-34)17-14-12-10-8-6-4-2/h15,18-30H,3-14,16-17H2,1-2H3,(H,41,43)(H,42,44). The Kier molecular flexibility index (Phi) is 12.0. The van der Waals surface area contributed by atoms with Crippen molar-refractivity contribution in [2.24, 2.45) is 0 Å². The highest BCUT2D eigenvalue weighted by atomic mass is 15.1. The van der Waals surface area contributed by atoms with Crippen LogP contribution in [0.3, 0.4) is 0 Å². The molecule has 0 saturated heterocycles. The van der Waals surface area contributed by atoms with Gasteiger partial charge in [0.1, 0.15) is 0 Å². The van der Waals surface area contributed by atoms with E-state index in [1.807, 2.05) is 0 Å². The number of aromatic amines is 2. The van der Waals surface area contributed by atoms with Crippen LogP contribution in [0.4, 0.5) is 0 Å². The number of benzene rings is 3. The molecule has 4 heteroatoms. The van der Waals surface area contributed by atoms with Crippen molar-refractivity contribution in [1.29, 1.82) is 0 Å². The summed E-state index contributed by atoms with van der Waals surface area (Å²) in [5.74, 6) is 0. The Morgan fingerprint density at radius 2 is 0.841 bits per heavy atom. The average Bonchev–Trinajstić information content (AvgIpc) is 3.77. The summed E-state index contributed by atoms with van der Waals surface area (Å²) in [7, 11) is 0. The Hall–Kier alpha value is -3.92. The van der Waals surface area contributed by atoms with E-state index in [9.17, 15) is 0 Å². The lowest BCUT2D eigenvalue weighted by Crippen LogP contribution is -1.87. The maximum Gasteiger partial charge on any atom is 0.0927 e. The first-order valence-corrected chi connectivity index (χ1v) is 17.1. The highest BCUT2D eigenvalue weighted by Crippen LogP contribution is 2.29. The number of aryl methyl sites for hydroxylation is 2. The molecule has 5 rings (SSSR count). The highest BCUT2D eigenvalue weighted by molar-refractivity contribution is 5.74. The number of H-pyrrole nitrogens is 2. The second kappa shape index (κ2) is 16.8. The van der Waals surface area contributed by atoms with Crippen molar-refractivity contribution in [1.82, 2.24) is 20.4 Å². The normalized spacial score (nSPS) is 11.3. The molecule has 0 atom stereocenters. The fraction of sp³-hybridized carbons (Fsp3) is 0.400. The van der Waals surface area contributed by atoms with Crippen molar-refractivity contribution in [3.63, 3.8) is 0 Å². The molecule has 0 aliphatic rings. The van der Waals surface area contributed by atoms with Gasteiger partial charge in [0.05, 0.1) is 22.8 Å². The minimum Gasteiger partial charge on any atom is -0.277 e. The van der Waals surface area contributed by atoms with Gasteiger partial charge in [0.2, 0.25) is 0 Å². The molecule has 0 spiro atoms. The molecular formula is C40H50N4. The van der Waals surface area contributed by atoms with E-state index < -0.39 is 0 Å². The van der Waals surface area contributed by atoms with Gasteiger partial charge >= 0.3 is 0 Å². The van der Waals surface area contributed by atoms with E-state index in [1.165, 1.54) is 99.3 Å². The molecule has 44 heavy (non-hydrogen) atoms. The van der Waals surface area contributed by atoms with Crippen LogP contribution in [0.25, 0.3) is 45.0 Å². The first kappa shape index (κ1) is 31.5. The Labute approximate surface area is 264 Å². The molecular weight excluding hydrogens is 536 g/mol. The molecule has 230 valence electrons. The predicted octanol–water partition coefficient (Wildman–Crippen LogP) is 11.6. The number of unbranched alkanes of at least 4 members (excludes halogenated alkanes) is 10. The van der Waals surface area contributed by atoms with Gasteiger partial charge in [0.15, 0.2) is 0 Å². The van der Waals surface area contributed by atoms with E-state index in [0.717, 1.165) is 46.7 Å². The number of aromatic nitrogens is 4. The molecule has 0 saturated carbocycles. The monoisotopic (exact) mass is 586 g/mol. The third-order valence-electron chi connectivity index (χ3n) is 8.78. The largest absolute Gasteiger partial charge is 0.277 e. The van der Waals surface area contributed by atoms with Crippen LogP contribution in [0, 0.1) is 0 Å². The van der Waals surface area contributed by atoms with Crippen molar-refractivity contribution in [3.8, 4) is 45.0 Å². The van der Waals surface area contributed by atoms with Gasteiger partial charge in [-0.15, -0.1) is 0 Å². The van der Waals surface area contributed by atoms with Gasteiger partial charge < -0.3 is 0 Å². The van der Waals surface area contributed by atoms with Crippen LogP contribution in [0.5, 0.6) is 0 Å². The van der Waals surface area contributed by atoms with Crippen molar-refractivity contribution < 1.29 is 0 Å². The van der Waals surface area contributed by atoms with Crippen molar-refractivity contribution >= 4 is 0 Å². The fourth-order valence-corrected chi connectivity index (χ4v) is 5.99. The lowest BCUT2D eigenvalue weighted by molar-refractivity contribution is 0.607. The second-order valence-electron chi connectivity index (χ2n) is 12.3. The van der Waals surface area contributed by atoms with Gasteiger partial charge in [-0.2, -0.15) is 10.2 Å². The number of nitrogens with one attached hydrogen (secondary N) is 2. The molecule has 2 aromatic heterocycles. The van der Waals surface area contributed by atoms with Crippen molar-refractivity contribution in [2.45, 2.75) is 104 Å². The molecule has 2 heterocycles. The van der Waals surface area contributed by atoms with E-state index in [2.05, 4.69) is 119 Å². The zero-order valence-corrected chi connectivity index (χ0v) is 26.9. The van der Waals surface area contributed by atoms with Gasteiger partial charge in [-0.1, -0.05) is 145 Å². The Balaban J connectivity index is 1.17. The van der Waals surface area contributed by atoms with E-state index in [-0.39, 0.29) is 0 Å². The molecule has 0 amide bonds. The smallest absolute Gasteiger partial charge is 0.0927 e. The molecule has 4 nitrogen and oxygen atoms in total. The average molecular weight is 587 g/mol. The third-order valence-corrected chi connectivity index (χ3v) is 8.78. The number of rotatable bonds is 18. The van der Waals surface area contributed by atoms with Gasteiger partial charge in [-0.25, -0.2) is 0 Å². The van der Waals surface area contributed by atoms with Gasteiger partial charge in [-0.3, -0.25) is 10.2 Å². The Morgan fingerprint density at radius 3 is 1.27 bits per heavy atom. The molecule has 0 radical (unpaired) electrons. The maximum atomic E-state index is 4.65. The van der Waals surface area contributed by atoms with Crippen LogP contribution in [-0.4, -0.2) is 20.4 Å². The zero-order chi connectivity index (χ0) is 30.4. The zero-order valence-electron chi connectivity index (χ0n) is 26.9. The SMILES string of the molecule is CCCCCCCCc1ccc(-c2cc(-c3cccc(-c4cc(-c5ccc(CCCCCCCC)cc5)[nH]n4)c3)n[nH]2)cc1. The van der Waals surface area contributed by atoms with E-state index >= 15 is 0 Å². The summed E-state index contributed by atoms with van der Waals surface area (Å²) >= 11 is 0. The van der Waals surface area contributed by atoms with Crippen molar-refractivity contribution in [3.05, 3.63) is 96.1 Å². The topological polar surface area (TPSA) is 57.4 Å². The molecule has 3 aromatic carbocycles. The molecule has 5 aromatic rings. The minimum absolute atomic E-state index is 0.940.